The van der Waals surface area contributed by atoms with Crippen molar-refractivity contribution in [1.29, 1.82) is 0 Å². The van der Waals surface area contributed by atoms with Crippen LogP contribution in [0.1, 0.15) is 25.6 Å². The smallest absolute Gasteiger partial charge is 0.257 e. The highest BCUT2D eigenvalue weighted by atomic mass is 32.2. The number of nitrogens with one attached hydrogen (secondary N) is 2. The lowest BCUT2D eigenvalue weighted by Gasteiger charge is -2.12. The molecule has 0 radical (unpaired) electrons. The summed E-state index contributed by atoms with van der Waals surface area (Å²) in [6.07, 6.45) is 2.84. The Morgan fingerprint density at radius 1 is 1.62 bits per heavy atom. The van der Waals surface area contributed by atoms with Gasteiger partial charge in [0.15, 0.2) is 5.03 Å². The van der Waals surface area contributed by atoms with Crippen LogP contribution in [0.2, 0.25) is 0 Å². The van der Waals surface area contributed by atoms with E-state index in [9.17, 15) is 8.42 Å². The van der Waals surface area contributed by atoms with Gasteiger partial charge in [-0.25, -0.2) is 18.1 Å². The number of rotatable bonds is 6. The standard InChI is InChI=1S/C9H18N4O2S/c1-7(4-3-5-10)13-16(14,15)9-6-11-8(2)12-9/h6-7,13H,3-5,10H2,1-2H3,(H,11,12). The molecule has 0 saturated carbocycles. The van der Waals surface area contributed by atoms with Crippen molar-refractivity contribution in [3.8, 4) is 0 Å². The molecule has 0 aliphatic carbocycles. The van der Waals surface area contributed by atoms with Gasteiger partial charge in [-0.1, -0.05) is 0 Å². The topological polar surface area (TPSA) is 101 Å². The monoisotopic (exact) mass is 246 g/mol. The van der Waals surface area contributed by atoms with Crippen molar-refractivity contribution >= 4 is 10.0 Å². The highest BCUT2D eigenvalue weighted by molar-refractivity contribution is 7.89. The van der Waals surface area contributed by atoms with Gasteiger partial charge in [0, 0.05) is 6.04 Å². The largest absolute Gasteiger partial charge is 0.332 e. The van der Waals surface area contributed by atoms with E-state index in [-0.39, 0.29) is 11.1 Å². The van der Waals surface area contributed by atoms with E-state index in [2.05, 4.69) is 14.7 Å². The molecule has 0 aromatic carbocycles. The fraction of sp³-hybridized carbons (Fsp3) is 0.667. The summed E-state index contributed by atoms with van der Waals surface area (Å²) in [6, 6.07) is -0.128. The molecule has 92 valence electrons. The number of aryl methyl sites for hydroxylation is 1. The molecular weight excluding hydrogens is 228 g/mol. The van der Waals surface area contributed by atoms with E-state index in [0.29, 0.717) is 12.4 Å². The number of hydrogen-bond donors (Lipinski definition) is 3. The predicted octanol–water partition coefficient (Wildman–Crippen LogP) is 0.124. The minimum atomic E-state index is -3.48. The third kappa shape index (κ3) is 3.58. The average Bonchev–Trinajstić information content (AvgIpc) is 2.62. The summed E-state index contributed by atoms with van der Waals surface area (Å²) in [5.41, 5.74) is 5.36. The Hall–Kier alpha value is -0.920. The molecule has 1 aromatic rings. The maximum Gasteiger partial charge on any atom is 0.257 e. The Morgan fingerprint density at radius 3 is 2.81 bits per heavy atom. The molecule has 4 N–H and O–H groups in total. The van der Waals surface area contributed by atoms with Gasteiger partial charge in [-0.3, -0.25) is 0 Å². The molecule has 0 fully saturated rings. The lowest BCUT2D eigenvalue weighted by Crippen LogP contribution is -2.33. The second-order valence-electron chi connectivity index (χ2n) is 3.79. The normalized spacial score (nSPS) is 13.9. The number of nitrogens with two attached hydrogens (primary N) is 1. The third-order valence-electron chi connectivity index (χ3n) is 2.17. The summed E-state index contributed by atoms with van der Waals surface area (Å²) in [4.78, 5) is 6.55. The summed E-state index contributed by atoms with van der Waals surface area (Å²) in [7, 11) is -3.48. The van der Waals surface area contributed by atoms with Gasteiger partial charge in [0.1, 0.15) is 5.82 Å². The zero-order chi connectivity index (χ0) is 12.2. The summed E-state index contributed by atoms with van der Waals surface area (Å²) in [5, 5.41) is 0.101. The van der Waals surface area contributed by atoms with Gasteiger partial charge >= 0.3 is 0 Å². The molecule has 6 nitrogen and oxygen atoms in total. The van der Waals surface area contributed by atoms with Crippen LogP contribution < -0.4 is 10.5 Å². The van der Waals surface area contributed by atoms with Crippen molar-refractivity contribution in [2.24, 2.45) is 5.73 Å². The molecule has 0 spiro atoms. The summed E-state index contributed by atoms with van der Waals surface area (Å²) in [6.45, 7) is 4.09. The molecular formula is C9H18N4O2S. The number of imidazole rings is 1. The summed E-state index contributed by atoms with van der Waals surface area (Å²) >= 11 is 0. The first-order valence-electron chi connectivity index (χ1n) is 5.19. The number of sulfonamides is 1. The van der Waals surface area contributed by atoms with Crippen LogP contribution in [-0.4, -0.2) is 31.0 Å². The minimum absolute atomic E-state index is 0.101. The molecule has 7 heteroatoms. The second kappa shape index (κ2) is 5.42. The Kier molecular flexibility index (Phi) is 4.45. The molecule has 0 amide bonds. The number of aromatic amines is 1. The van der Waals surface area contributed by atoms with E-state index in [4.69, 9.17) is 5.73 Å². The van der Waals surface area contributed by atoms with Crippen molar-refractivity contribution in [3.63, 3.8) is 0 Å². The van der Waals surface area contributed by atoms with E-state index in [1.807, 2.05) is 6.92 Å². The van der Waals surface area contributed by atoms with Crippen molar-refractivity contribution in [2.45, 2.75) is 37.8 Å². The maximum absolute atomic E-state index is 11.8. The third-order valence-corrected chi connectivity index (χ3v) is 3.67. The number of aromatic nitrogens is 2. The number of nitrogens with zero attached hydrogens (tertiary/aromatic N) is 1. The highest BCUT2D eigenvalue weighted by Gasteiger charge is 2.18. The fourth-order valence-corrected chi connectivity index (χ4v) is 2.59. The van der Waals surface area contributed by atoms with Crippen LogP contribution in [0, 0.1) is 6.92 Å². The first kappa shape index (κ1) is 13.1. The lowest BCUT2D eigenvalue weighted by molar-refractivity contribution is 0.536. The molecule has 1 unspecified atom stereocenters. The van der Waals surface area contributed by atoms with E-state index in [0.717, 1.165) is 12.8 Å². The van der Waals surface area contributed by atoms with Gasteiger partial charge in [-0.05, 0) is 33.2 Å². The average molecular weight is 246 g/mol. The zero-order valence-corrected chi connectivity index (χ0v) is 10.3. The molecule has 0 aliphatic heterocycles. The van der Waals surface area contributed by atoms with Crippen molar-refractivity contribution in [1.82, 2.24) is 14.7 Å². The molecule has 16 heavy (non-hydrogen) atoms. The highest BCUT2D eigenvalue weighted by Crippen LogP contribution is 2.07. The first-order chi connectivity index (χ1) is 7.45. The summed E-state index contributed by atoms with van der Waals surface area (Å²) < 4.78 is 26.2. The lowest BCUT2D eigenvalue weighted by atomic mass is 10.2. The summed E-state index contributed by atoms with van der Waals surface area (Å²) in [5.74, 6) is 0.579. The van der Waals surface area contributed by atoms with Crippen molar-refractivity contribution in [3.05, 3.63) is 12.0 Å². The fourth-order valence-electron chi connectivity index (χ4n) is 1.35. The van der Waals surface area contributed by atoms with Crippen LogP contribution >= 0.6 is 0 Å². The quantitative estimate of drug-likeness (QED) is 0.663. The number of H-pyrrole nitrogens is 1. The minimum Gasteiger partial charge on any atom is -0.332 e. The first-order valence-corrected chi connectivity index (χ1v) is 6.68. The van der Waals surface area contributed by atoms with Gasteiger partial charge in [0.05, 0.1) is 6.20 Å². The molecule has 1 heterocycles. The van der Waals surface area contributed by atoms with E-state index < -0.39 is 10.0 Å². The number of hydrogen-bond acceptors (Lipinski definition) is 4. The zero-order valence-electron chi connectivity index (χ0n) is 9.53. The van der Waals surface area contributed by atoms with Crippen LogP contribution in [0.4, 0.5) is 0 Å². The van der Waals surface area contributed by atoms with Crippen molar-refractivity contribution in [2.75, 3.05) is 6.54 Å². The van der Waals surface area contributed by atoms with Crippen LogP contribution in [0.3, 0.4) is 0 Å². The molecule has 1 rings (SSSR count). The second-order valence-corrected chi connectivity index (χ2v) is 5.47. The van der Waals surface area contributed by atoms with E-state index in [1.54, 1.807) is 6.92 Å². The van der Waals surface area contributed by atoms with Crippen LogP contribution in [0.15, 0.2) is 11.2 Å². The Labute approximate surface area is 95.7 Å². The molecule has 1 aromatic heterocycles. The SMILES string of the molecule is Cc1ncc(S(=O)(=O)NC(C)CCCN)[nH]1. The predicted molar refractivity (Wildman–Crippen MR) is 61.4 cm³/mol. The van der Waals surface area contributed by atoms with Gasteiger partial charge in [-0.2, -0.15) is 0 Å². The molecule has 0 bridgehead atoms. The maximum atomic E-state index is 11.8. The Morgan fingerprint density at radius 2 is 2.31 bits per heavy atom. The Bertz CT molecular complexity index is 426. The van der Waals surface area contributed by atoms with Crippen LogP contribution in [0.25, 0.3) is 0 Å². The van der Waals surface area contributed by atoms with Gasteiger partial charge in [0.25, 0.3) is 10.0 Å². The molecule has 1 atom stereocenters. The van der Waals surface area contributed by atoms with Crippen molar-refractivity contribution < 1.29 is 8.42 Å². The van der Waals surface area contributed by atoms with Gasteiger partial charge < -0.3 is 10.7 Å². The van der Waals surface area contributed by atoms with Gasteiger partial charge in [0.2, 0.25) is 0 Å². The van der Waals surface area contributed by atoms with Crippen LogP contribution in [0.5, 0.6) is 0 Å². The van der Waals surface area contributed by atoms with E-state index in [1.165, 1.54) is 6.20 Å². The molecule has 0 saturated heterocycles. The van der Waals surface area contributed by atoms with E-state index >= 15 is 0 Å². The van der Waals surface area contributed by atoms with Crippen LogP contribution in [-0.2, 0) is 10.0 Å². The molecule has 0 aliphatic rings. The van der Waals surface area contributed by atoms with Gasteiger partial charge in [-0.15, -0.1) is 0 Å². The Balaban J connectivity index is 2.65.